The topological polar surface area (TPSA) is 32.3 Å². The Kier molecular flexibility index (Phi) is 4.73. The zero-order valence-corrected chi connectivity index (χ0v) is 12.8. The molecule has 0 unspecified atom stereocenters. The number of rotatable bonds is 1. The molecule has 1 amide bonds. The van der Waals surface area contributed by atoms with Gasteiger partial charge in [0.05, 0.1) is 11.0 Å². The maximum atomic E-state index is 12.8. The summed E-state index contributed by atoms with van der Waals surface area (Å²) in [7, 11) is 0. The lowest BCUT2D eigenvalue weighted by Crippen LogP contribution is -2.42. The van der Waals surface area contributed by atoms with Gasteiger partial charge in [-0.25, -0.2) is 0 Å². The predicted octanol–water partition coefficient (Wildman–Crippen LogP) is 3.23. The first kappa shape index (κ1) is 17.1. The molecular formula is C15H18ClF3N2O. The van der Waals surface area contributed by atoms with Gasteiger partial charge in [-0.3, -0.25) is 4.79 Å². The molecule has 2 saturated heterocycles. The van der Waals surface area contributed by atoms with Crippen molar-refractivity contribution in [3.8, 4) is 0 Å². The summed E-state index contributed by atoms with van der Waals surface area (Å²) in [5.74, 6) is -0.0247. The molecule has 0 bridgehead atoms. The molecule has 122 valence electrons. The number of hydrogen-bond donors (Lipinski definition) is 1. The van der Waals surface area contributed by atoms with Crippen molar-refractivity contribution < 1.29 is 18.0 Å². The van der Waals surface area contributed by atoms with Gasteiger partial charge >= 0.3 is 6.18 Å². The Balaban J connectivity index is 0.00000176. The van der Waals surface area contributed by atoms with Gasteiger partial charge in [-0.05, 0) is 50.6 Å². The molecule has 22 heavy (non-hydrogen) atoms. The first-order valence-electron chi connectivity index (χ1n) is 7.12. The van der Waals surface area contributed by atoms with Gasteiger partial charge in [0.1, 0.15) is 0 Å². The Morgan fingerprint density at radius 2 is 1.82 bits per heavy atom. The van der Waals surface area contributed by atoms with Crippen LogP contribution in [0.25, 0.3) is 0 Å². The van der Waals surface area contributed by atoms with Gasteiger partial charge in [0, 0.05) is 12.2 Å². The maximum absolute atomic E-state index is 12.8. The summed E-state index contributed by atoms with van der Waals surface area (Å²) in [5, 5.41) is 3.22. The van der Waals surface area contributed by atoms with E-state index in [4.69, 9.17) is 0 Å². The quantitative estimate of drug-likeness (QED) is 0.855. The number of alkyl halides is 3. The normalized spacial score (nSPS) is 21.0. The molecule has 3 nitrogen and oxygen atoms in total. The average Bonchev–Trinajstić information content (AvgIpc) is 2.76. The minimum atomic E-state index is -4.38. The second kappa shape index (κ2) is 6.08. The molecule has 7 heteroatoms. The fraction of sp³-hybridized carbons (Fsp3) is 0.533. The van der Waals surface area contributed by atoms with Crippen LogP contribution in [-0.4, -0.2) is 25.5 Å². The highest BCUT2D eigenvalue weighted by atomic mass is 35.5. The average molecular weight is 335 g/mol. The molecule has 0 saturated carbocycles. The zero-order valence-electron chi connectivity index (χ0n) is 11.9. The molecule has 2 aliphatic heterocycles. The highest BCUT2D eigenvalue weighted by Gasteiger charge is 2.47. The Labute approximate surface area is 133 Å². The molecule has 3 rings (SSSR count). The largest absolute Gasteiger partial charge is 0.416 e. The molecule has 0 aromatic heterocycles. The summed E-state index contributed by atoms with van der Waals surface area (Å²) < 4.78 is 38.4. The summed E-state index contributed by atoms with van der Waals surface area (Å²) >= 11 is 0. The molecule has 1 aromatic carbocycles. The van der Waals surface area contributed by atoms with Crippen LogP contribution < -0.4 is 10.2 Å². The van der Waals surface area contributed by atoms with Crippen molar-refractivity contribution in [2.45, 2.75) is 25.4 Å². The number of amides is 1. The standard InChI is InChI=1S/C15H17F3N2O.ClH/c16-15(17,18)11-2-1-3-12(10-11)20-9-6-14(13(20)21)4-7-19-8-5-14;/h1-3,10,19H,4-9H2;1H. The molecule has 0 atom stereocenters. The third-order valence-corrected chi connectivity index (χ3v) is 4.56. The van der Waals surface area contributed by atoms with E-state index in [1.807, 2.05) is 0 Å². The van der Waals surface area contributed by atoms with Crippen molar-refractivity contribution in [3.05, 3.63) is 29.8 Å². The van der Waals surface area contributed by atoms with Crippen LogP contribution in [-0.2, 0) is 11.0 Å². The van der Waals surface area contributed by atoms with Crippen molar-refractivity contribution in [1.82, 2.24) is 5.32 Å². The van der Waals surface area contributed by atoms with Crippen LogP contribution in [0.4, 0.5) is 18.9 Å². The van der Waals surface area contributed by atoms with E-state index in [1.54, 1.807) is 6.07 Å². The lowest BCUT2D eigenvalue weighted by molar-refractivity contribution is -0.137. The van der Waals surface area contributed by atoms with Crippen molar-refractivity contribution in [2.75, 3.05) is 24.5 Å². The van der Waals surface area contributed by atoms with E-state index in [-0.39, 0.29) is 23.7 Å². The van der Waals surface area contributed by atoms with Crippen LogP contribution >= 0.6 is 12.4 Å². The smallest absolute Gasteiger partial charge is 0.317 e. The Bertz CT molecular complexity index is 556. The Morgan fingerprint density at radius 1 is 1.14 bits per heavy atom. The second-order valence-electron chi connectivity index (χ2n) is 5.79. The van der Waals surface area contributed by atoms with Crippen molar-refractivity contribution >= 4 is 24.0 Å². The van der Waals surface area contributed by atoms with Crippen LogP contribution in [0.2, 0.25) is 0 Å². The molecule has 1 aromatic rings. The lowest BCUT2D eigenvalue weighted by atomic mass is 9.78. The second-order valence-corrected chi connectivity index (χ2v) is 5.79. The number of nitrogens with zero attached hydrogens (tertiary/aromatic N) is 1. The van der Waals surface area contributed by atoms with E-state index in [9.17, 15) is 18.0 Å². The van der Waals surface area contributed by atoms with Gasteiger partial charge in [0.25, 0.3) is 0 Å². The van der Waals surface area contributed by atoms with Crippen LogP contribution in [0.3, 0.4) is 0 Å². The van der Waals surface area contributed by atoms with E-state index < -0.39 is 11.7 Å². The van der Waals surface area contributed by atoms with Crippen LogP contribution in [0.15, 0.2) is 24.3 Å². The number of carbonyl (C=O) groups excluding carboxylic acids is 1. The predicted molar refractivity (Wildman–Crippen MR) is 80.2 cm³/mol. The highest BCUT2D eigenvalue weighted by molar-refractivity contribution is 6.00. The number of piperidine rings is 1. The Morgan fingerprint density at radius 3 is 2.45 bits per heavy atom. The molecule has 2 fully saturated rings. The van der Waals surface area contributed by atoms with Crippen molar-refractivity contribution in [3.63, 3.8) is 0 Å². The van der Waals surface area contributed by atoms with E-state index in [2.05, 4.69) is 5.32 Å². The van der Waals surface area contributed by atoms with Gasteiger partial charge in [-0.1, -0.05) is 6.07 Å². The molecule has 2 aliphatic rings. The van der Waals surface area contributed by atoms with Crippen molar-refractivity contribution in [2.24, 2.45) is 5.41 Å². The van der Waals surface area contributed by atoms with Crippen LogP contribution in [0.5, 0.6) is 0 Å². The number of hydrogen-bond acceptors (Lipinski definition) is 2. The van der Waals surface area contributed by atoms with Crippen LogP contribution in [0.1, 0.15) is 24.8 Å². The third-order valence-electron chi connectivity index (χ3n) is 4.56. The maximum Gasteiger partial charge on any atom is 0.416 e. The van der Waals surface area contributed by atoms with E-state index >= 15 is 0 Å². The molecular weight excluding hydrogens is 317 g/mol. The van der Waals surface area contributed by atoms with Gasteiger partial charge in [0.2, 0.25) is 5.91 Å². The van der Waals surface area contributed by atoms with Gasteiger partial charge in [0.15, 0.2) is 0 Å². The van der Waals surface area contributed by atoms with E-state index in [0.717, 1.165) is 44.5 Å². The van der Waals surface area contributed by atoms with E-state index in [1.165, 1.54) is 11.0 Å². The number of halogens is 4. The van der Waals surface area contributed by atoms with Crippen molar-refractivity contribution in [1.29, 1.82) is 0 Å². The first-order chi connectivity index (χ1) is 9.92. The summed E-state index contributed by atoms with van der Waals surface area (Å²) in [6.07, 6.45) is -2.13. The van der Waals surface area contributed by atoms with Crippen LogP contribution in [0, 0.1) is 5.41 Å². The van der Waals surface area contributed by atoms with Gasteiger partial charge in [-0.2, -0.15) is 13.2 Å². The van der Waals surface area contributed by atoms with Gasteiger partial charge < -0.3 is 10.2 Å². The minimum Gasteiger partial charge on any atom is -0.317 e. The summed E-state index contributed by atoms with van der Waals surface area (Å²) in [6.45, 7) is 2.09. The molecule has 0 aliphatic carbocycles. The zero-order chi connectivity index (χ0) is 15.1. The van der Waals surface area contributed by atoms with E-state index in [0.29, 0.717) is 12.2 Å². The fourth-order valence-corrected chi connectivity index (χ4v) is 3.29. The monoisotopic (exact) mass is 334 g/mol. The minimum absolute atomic E-state index is 0. The number of nitrogens with one attached hydrogen (secondary N) is 1. The SMILES string of the molecule is Cl.O=C1N(c2cccc(C(F)(F)F)c2)CCC12CCNCC2. The number of benzene rings is 1. The Hall–Kier alpha value is -1.27. The number of carbonyl (C=O) groups is 1. The molecule has 1 spiro atoms. The molecule has 0 radical (unpaired) electrons. The number of anilines is 1. The lowest BCUT2D eigenvalue weighted by Gasteiger charge is -2.32. The first-order valence-corrected chi connectivity index (χ1v) is 7.12. The fourth-order valence-electron chi connectivity index (χ4n) is 3.29. The van der Waals surface area contributed by atoms with Gasteiger partial charge in [-0.15, -0.1) is 12.4 Å². The summed E-state index contributed by atoms with van der Waals surface area (Å²) in [6, 6.07) is 5.04. The summed E-state index contributed by atoms with van der Waals surface area (Å²) in [5.41, 5.74) is -0.733. The highest BCUT2D eigenvalue weighted by Crippen LogP contribution is 2.42. The third kappa shape index (κ3) is 2.94. The molecule has 2 heterocycles. The summed E-state index contributed by atoms with van der Waals surface area (Å²) in [4.78, 5) is 14.2. The molecule has 1 N–H and O–H groups in total.